The molecule has 1 unspecified atom stereocenters. The van der Waals surface area contributed by atoms with E-state index in [4.69, 9.17) is 0 Å². The summed E-state index contributed by atoms with van der Waals surface area (Å²) in [5.41, 5.74) is 1.44. The fraction of sp³-hybridized carbons (Fsp3) is 0.643. The molecule has 1 N–H and O–H groups in total. The zero-order chi connectivity index (χ0) is 12.0. The summed E-state index contributed by atoms with van der Waals surface area (Å²) in [5.74, 6) is 0. The number of aromatic nitrogens is 1. The number of nitrogens with zero attached hydrogens (tertiary/aromatic N) is 1. The molecule has 1 aromatic heterocycles. The van der Waals surface area contributed by atoms with Crippen LogP contribution in [0, 0.1) is 5.41 Å². The van der Waals surface area contributed by atoms with Crippen LogP contribution in [0.5, 0.6) is 0 Å². The zero-order valence-electron chi connectivity index (χ0n) is 11.0. The topological polar surface area (TPSA) is 24.9 Å². The van der Waals surface area contributed by atoms with Crippen molar-refractivity contribution in [2.45, 2.75) is 46.6 Å². The minimum atomic E-state index is 0.271. The van der Waals surface area contributed by atoms with Gasteiger partial charge < -0.3 is 5.32 Å². The molecular weight excluding hydrogens is 196 g/mol. The van der Waals surface area contributed by atoms with Gasteiger partial charge in [0.25, 0.3) is 0 Å². The summed E-state index contributed by atoms with van der Waals surface area (Å²) in [6.45, 7) is 10.1. The number of rotatable bonds is 5. The molecule has 0 aromatic carbocycles. The van der Waals surface area contributed by atoms with E-state index in [1.54, 1.807) is 0 Å². The molecule has 2 heteroatoms. The first kappa shape index (κ1) is 13.2. The Morgan fingerprint density at radius 1 is 1.31 bits per heavy atom. The molecule has 0 saturated carbocycles. The van der Waals surface area contributed by atoms with Gasteiger partial charge in [0.15, 0.2) is 0 Å². The minimum Gasteiger partial charge on any atom is -0.313 e. The first-order valence-corrected chi connectivity index (χ1v) is 6.17. The molecule has 1 rings (SSSR count). The van der Waals surface area contributed by atoms with Crippen LogP contribution in [0.2, 0.25) is 0 Å². The van der Waals surface area contributed by atoms with Crippen LogP contribution in [-0.2, 0) is 6.42 Å². The van der Waals surface area contributed by atoms with Crippen molar-refractivity contribution in [1.29, 1.82) is 0 Å². The third kappa shape index (κ3) is 4.31. The molecule has 16 heavy (non-hydrogen) atoms. The fourth-order valence-corrected chi connectivity index (χ4v) is 1.73. The minimum absolute atomic E-state index is 0.271. The molecule has 0 bridgehead atoms. The van der Waals surface area contributed by atoms with Gasteiger partial charge in [-0.25, -0.2) is 0 Å². The van der Waals surface area contributed by atoms with Crippen molar-refractivity contribution in [3.63, 3.8) is 0 Å². The summed E-state index contributed by atoms with van der Waals surface area (Å²) in [7, 11) is 0. The molecule has 0 radical (unpaired) electrons. The summed E-state index contributed by atoms with van der Waals surface area (Å²) >= 11 is 0. The molecule has 0 amide bonds. The van der Waals surface area contributed by atoms with Crippen LogP contribution >= 0.6 is 0 Å². The summed E-state index contributed by atoms with van der Waals surface area (Å²) in [6, 6.07) is 6.62. The van der Waals surface area contributed by atoms with Crippen LogP contribution in [0.25, 0.3) is 0 Å². The second-order valence-electron chi connectivity index (χ2n) is 5.40. The van der Waals surface area contributed by atoms with E-state index in [9.17, 15) is 0 Å². The summed E-state index contributed by atoms with van der Waals surface area (Å²) in [4.78, 5) is 4.40. The fourth-order valence-electron chi connectivity index (χ4n) is 1.73. The van der Waals surface area contributed by atoms with Crippen LogP contribution in [0.3, 0.4) is 0 Å². The standard InChI is InChI=1S/C14H24N2/c1-5-9-16-13(14(2,3)4)11-12-8-6-7-10-15-12/h6-8,10,13,16H,5,9,11H2,1-4H3. The second kappa shape index (κ2) is 6.00. The lowest BCUT2D eigenvalue weighted by molar-refractivity contribution is 0.265. The van der Waals surface area contributed by atoms with Crippen molar-refractivity contribution in [3.05, 3.63) is 30.1 Å². The van der Waals surface area contributed by atoms with Gasteiger partial charge in [-0.05, 0) is 30.5 Å². The molecule has 0 saturated heterocycles. The van der Waals surface area contributed by atoms with E-state index in [0.29, 0.717) is 6.04 Å². The lowest BCUT2D eigenvalue weighted by Gasteiger charge is -2.31. The Balaban J connectivity index is 2.64. The monoisotopic (exact) mass is 220 g/mol. The maximum atomic E-state index is 4.40. The Kier molecular flexibility index (Phi) is 4.94. The highest BCUT2D eigenvalue weighted by Gasteiger charge is 2.24. The number of nitrogens with one attached hydrogen (secondary N) is 1. The molecule has 90 valence electrons. The average molecular weight is 220 g/mol. The Morgan fingerprint density at radius 2 is 2.06 bits per heavy atom. The van der Waals surface area contributed by atoms with Gasteiger partial charge in [0.1, 0.15) is 0 Å². The highest BCUT2D eigenvalue weighted by Crippen LogP contribution is 2.22. The molecule has 0 aliphatic heterocycles. The highest BCUT2D eigenvalue weighted by atomic mass is 14.9. The molecule has 2 nitrogen and oxygen atoms in total. The molecule has 0 fully saturated rings. The lowest BCUT2D eigenvalue weighted by Crippen LogP contribution is -2.42. The quantitative estimate of drug-likeness (QED) is 0.825. The Hall–Kier alpha value is -0.890. The second-order valence-corrected chi connectivity index (χ2v) is 5.40. The maximum Gasteiger partial charge on any atom is 0.0419 e. The lowest BCUT2D eigenvalue weighted by atomic mass is 9.84. The van der Waals surface area contributed by atoms with Crippen LogP contribution in [0.4, 0.5) is 0 Å². The normalized spacial score (nSPS) is 13.8. The molecule has 1 heterocycles. The van der Waals surface area contributed by atoms with E-state index in [2.05, 4.69) is 50.1 Å². The van der Waals surface area contributed by atoms with E-state index in [1.165, 1.54) is 12.1 Å². The van der Waals surface area contributed by atoms with Gasteiger partial charge in [-0.2, -0.15) is 0 Å². The van der Waals surface area contributed by atoms with E-state index in [-0.39, 0.29) is 5.41 Å². The van der Waals surface area contributed by atoms with Crippen LogP contribution in [0.1, 0.15) is 39.8 Å². The predicted octanol–water partition coefficient (Wildman–Crippen LogP) is 3.04. The van der Waals surface area contributed by atoms with E-state index in [0.717, 1.165) is 13.0 Å². The largest absolute Gasteiger partial charge is 0.313 e. The van der Waals surface area contributed by atoms with Gasteiger partial charge in [0, 0.05) is 24.4 Å². The van der Waals surface area contributed by atoms with Crippen LogP contribution in [0.15, 0.2) is 24.4 Å². The third-order valence-corrected chi connectivity index (χ3v) is 2.83. The van der Waals surface area contributed by atoms with Gasteiger partial charge in [-0.15, -0.1) is 0 Å². The predicted molar refractivity (Wildman–Crippen MR) is 69.5 cm³/mol. The van der Waals surface area contributed by atoms with Gasteiger partial charge >= 0.3 is 0 Å². The average Bonchev–Trinajstić information content (AvgIpc) is 2.24. The van der Waals surface area contributed by atoms with Gasteiger partial charge in [0.05, 0.1) is 0 Å². The van der Waals surface area contributed by atoms with Crippen LogP contribution < -0.4 is 5.32 Å². The van der Waals surface area contributed by atoms with E-state index in [1.807, 2.05) is 12.3 Å². The number of pyridine rings is 1. The van der Waals surface area contributed by atoms with Crippen molar-refractivity contribution in [2.75, 3.05) is 6.54 Å². The Bertz CT molecular complexity index is 287. The van der Waals surface area contributed by atoms with Crippen LogP contribution in [-0.4, -0.2) is 17.6 Å². The molecular formula is C14H24N2. The van der Waals surface area contributed by atoms with Crippen molar-refractivity contribution < 1.29 is 0 Å². The van der Waals surface area contributed by atoms with Crippen molar-refractivity contribution in [3.8, 4) is 0 Å². The first-order valence-electron chi connectivity index (χ1n) is 6.17. The summed E-state index contributed by atoms with van der Waals surface area (Å²) in [5, 5.41) is 3.62. The molecule has 0 aliphatic carbocycles. The maximum absolute atomic E-state index is 4.40. The third-order valence-electron chi connectivity index (χ3n) is 2.83. The SMILES string of the molecule is CCCNC(Cc1ccccn1)C(C)(C)C. The summed E-state index contributed by atoms with van der Waals surface area (Å²) in [6.07, 6.45) is 4.05. The molecule has 1 aromatic rings. The van der Waals surface area contributed by atoms with Crippen molar-refractivity contribution in [1.82, 2.24) is 10.3 Å². The Labute approximate surface area is 99.5 Å². The number of hydrogen-bond acceptors (Lipinski definition) is 2. The zero-order valence-corrected chi connectivity index (χ0v) is 11.0. The van der Waals surface area contributed by atoms with E-state index >= 15 is 0 Å². The highest BCUT2D eigenvalue weighted by molar-refractivity contribution is 5.06. The van der Waals surface area contributed by atoms with Gasteiger partial charge in [-0.3, -0.25) is 4.98 Å². The smallest absolute Gasteiger partial charge is 0.0419 e. The molecule has 0 spiro atoms. The first-order chi connectivity index (χ1) is 7.54. The van der Waals surface area contributed by atoms with Gasteiger partial charge in [0.2, 0.25) is 0 Å². The molecule has 1 atom stereocenters. The van der Waals surface area contributed by atoms with Gasteiger partial charge in [-0.1, -0.05) is 33.8 Å². The van der Waals surface area contributed by atoms with Crippen molar-refractivity contribution >= 4 is 0 Å². The Morgan fingerprint density at radius 3 is 2.56 bits per heavy atom. The van der Waals surface area contributed by atoms with E-state index < -0.39 is 0 Å². The van der Waals surface area contributed by atoms with Crippen molar-refractivity contribution in [2.24, 2.45) is 5.41 Å². The summed E-state index contributed by atoms with van der Waals surface area (Å²) < 4.78 is 0. The number of hydrogen-bond donors (Lipinski definition) is 1. The molecule has 0 aliphatic rings.